The summed E-state index contributed by atoms with van der Waals surface area (Å²) < 4.78 is 5.38. The molecule has 1 aliphatic rings. The van der Waals surface area contributed by atoms with Crippen LogP contribution in [0.25, 0.3) is 0 Å². The molecule has 86 valence electrons. The van der Waals surface area contributed by atoms with Gasteiger partial charge >= 0.3 is 5.97 Å². The van der Waals surface area contributed by atoms with Crippen molar-refractivity contribution in [1.29, 1.82) is 0 Å². The minimum absolute atomic E-state index is 0.0513. The molecule has 1 heterocycles. The van der Waals surface area contributed by atoms with Crippen LogP contribution in [-0.2, 0) is 9.53 Å². The summed E-state index contributed by atoms with van der Waals surface area (Å²) in [6.07, 6.45) is 1.88. The van der Waals surface area contributed by atoms with Gasteiger partial charge in [0, 0.05) is 17.7 Å². The van der Waals surface area contributed by atoms with Gasteiger partial charge in [0.05, 0.1) is 0 Å². The van der Waals surface area contributed by atoms with E-state index in [9.17, 15) is 4.79 Å². The fraction of sp³-hybridized carbons (Fsp3) is 0.750. The summed E-state index contributed by atoms with van der Waals surface area (Å²) in [7, 11) is 2.12. The Morgan fingerprint density at radius 2 is 1.80 bits per heavy atom. The third-order valence-corrected chi connectivity index (χ3v) is 3.22. The number of ether oxygens (including phenoxy) is 1. The van der Waals surface area contributed by atoms with Gasteiger partial charge in [0.1, 0.15) is 6.10 Å². The lowest BCUT2D eigenvalue weighted by Crippen LogP contribution is -2.46. The van der Waals surface area contributed by atoms with Gasteiger partial charge in [0.15, 0.2) is 0 Å². The molecule has 0 aromatic carbocycles. The summed E-state index contributed by atoms with van der Waals surface area (Å²) in [4.78, 5) is 13.7. The molecule has 1 saturated heterocycles. The van der Waals surface area contributed by atoms with E-state index in [1.54, 1.807) is 6.92 Å². The maximum atomic E-state index is 11.4. The predicted molar refractivity (Wildman–Crippen MR) is 60.6 cm³/mol. The van der Waals surface area contributed by atoms with Crippen molar-refractivity contribution in [3.8, 4) is 0 Å². The lowest BCUT2D eigenvalue weighted by atomic mass is 9.95. The molecule has 0 bridgehead atoms. The highest BCUT2D eigenvalue weighted by molar-refractivity contribution is 5.87. The molecule has 0 aromatic rings. The van der Waals surface area contributed by atoms with Crippen LogP contribution in [0.5, 0.6) is 0 Å². The van der Waals surface area contributed by atoms with Crippen molar-refractivity contribution in [2.24, 2.45) is 0 Å². The van der Waals surface area contributed by atoms with Crippen LogP contribution < -0.4 is 0 Å². The van der Waals surface area contributed by atoms with Gasteiger partial charge in [-0.15, -0.1) is 0 Å². The molecular formula is C12H21NO2. The van der Waals surface area contributed by atoms with Crippen molar-refractivity contribution in [2.75, 3.05) is 7.05 Å². The predicted octanol–water partition coefficient (Wildman–Crippen LogP) is 1.98. The summed E-state index contributed by atoms with van der Waals surface area (Å²) in [5, 5.41) is 0. The zero-order chi connectivity index (χ0) is 11.6. The van der Waals surface area contributed by atoms with Crippen LogP contribution in [-0.4, -0.2) is 36.1 Å². The van der Waals surface area contributed by atoms with Crippen molar-refractivity contribution >= 4 is 5.97 Å². The molecule has 0 saturated carbocycles. The number of esters is 1. The molecule has 0 amide bonds. The second-order valence-corrected chi connectivity index (χ2v) is 4.64. The monoisotopic (exact) mass is 211 g/mol. The summed E-state index contributed by atoms with van der Waals surface area (Å²) in [6.45, 7) is 9.60. The van der Waals surface area contributed by atoms with Crippen molar-refractivity contribution in [2.45, 2.75) is 51.8 Å². The number of likely N-dealkylation sites (tertiary alicyclic amines) is 1. The molecule has 1 rings (SSSR count). The van der Waals surface area contributed by atoms with Gasteiger partial charge in [0.25, 0.3) is 0 Å². The Hall–Kier alpha value is -0.830. The van der Waals surface area contributed by atoms with E-state index in [0.717, 1.165) is 12.8 Å². The number of carbonyl (C=O) groups is 1. The van der Waals surface area contributed by atoms with E-state index in [1.165, 1.54) is 0 Å². The first kappa shape index (κ1) is 12.2. The zero-order valence-corrected chi connectivity index (χ0v) is 10.1. The lowest BCUT2D eigenvalue weighted by molar-refractivity contribution is -0.148. The maximum Gasteiger partial charge on any atom is 0.333 e. The Morgan fingerprint density at radius 3 is 2.20 bits per heavy atom. The van der Waals surface area contributed by atoms with E-state index in [2.05, 4.69) is 32.4 Å². The zero-order valence-electron chi connectivity index (χ0n) is 10.1. The van der Waals surface area contributed by atoms with Crippen LogP contribution in [0.4, 0.5) is 0 Å². The van der Waals surface area contributed by atoms with E-state index in [4.69, 9.17) is 4.74 Å². The third kappa shape index (κ3) is 3.06. The maximum absolute atomic E-state index is 11.4. The molecule has 15 heavy (non-hydrogen) atoms. The first-order chi connectivity index (χ1) is 6.91. The van der Waals surface area contributed by atoms with Crippen molar-refractivity contribution in [3.63, 3.8) is 0 Å². The van der Waals surface area contributed by atoms with Crippen LogP contribution in [0.15, 0.2) is 12.2 Å². The van der Waals surface area contributed by atoms with Gasteiger partial charge in [-0.3, -0.25) is 0 Å². The van der Waals surface area contributed by atoms with Gasteiger partial charge in [-0.25, -0.2) is 4.79 Å². The number of hydrogen-bond donors (Lipinski definition) is 0. The van der Waals surface area contributed by atoms with Crippen LogP contribution >= 0.6 is 0 Å². The average molecular weight is 211 g/mol. The van der Waals surface area contributed by atoms with Crippen LogP contribution in [0, 0.1) is 0 Å². The molecule has 0 spiro atoms. The fourth-order valence-corrected chi connectivity index (χ4v) is 1.97. The number of rotatable bonds is 2. The first-order valence-corrected chi connectivity index (χ1v) is 5.50. The first-order valence-electron chi connectivity index (χ1n) is 5.50. The second-order valence-electron chi connectivity index (χ2n) is 4.64. The number of hydrogen-bond acceptors (Lipinski definition) is 3. The SMILES string of the molecule is C=C(C)C(=O)OC1CC(C)N(C)C(C)C1. The van der Waals surface area contributed by atoms with E-state index in [1.807, 2.05) is 0 Å². The molecule has 1 aliphatic heterocycles. The van der Waals surface area contributed by atoms with E-state index < -0.39 is 0 Å². The van der Waals surface area contributed by atoms with E-state index in [-0.39, 0.29) is 12.1 Å². The highest BCUT2D eigenvalue weighted by atomic mass is 16.5. The molecule has 2 atom stereocenters. The largest absolute Gasteiger partial charge is 0.459 e. The Labute approximate surface area is 92.1 Å². The van der Waals surface area contributed by atoms with Crippen molar-refractivity contribution in [1.82, 2.24) is 4.90 Å². The second kappa shape index (κ2) is 4.79. The summed E-state index contributed by atoms with van der Waals surface area (Å²) in [6, 6.07) is 0.938. The van der Waals surface area contributed by atoms with Gasteiger partial charge in [0.2, 0.25) is 0 Å². The molecule has 3 nitrogen and oxygen atoms in total. The Balaban J connectivity index is 2.51. The summed E-state index contributed by atoms with van der Waals surface area (Å²) in [5.74, 6) is -0.260. The fourth-order valence-electron chi connectivity index (χ4n) is 1.97. The molecule has 2 unspecified atom stereocenters. The lowest BCUT2D eigenvalue weighted by Gasteiger charge is -2.39. The minimum atomic E-state index is -0.260. The van der Waals surface area contributed by atoms with Gasteiger partial charge in [-0.05, 0) is 40.7 Å². The molecule has 0 aliphatic carbocycles. The summed E-state index contributed by atoms with van der Waals surface area (Å²) >= 11 is 0. The highest BCUT2D eigenvalue weighted by Gasteiger charge is 2.30. The van der Waals surface area contributed by atoms with Crippen molar-refractivity contribution < 1.29 is 9.53 Å². The Morgan fingerprint density at radius 1 is 1.33 bits per heavy atom. The topological polar surface area (TPSA) is 29.5 Å². The quantitative estimate of drug-likeness (QED) is 0.516. The number of piperidine rings is 1. The Bertz CT molecular complexity index is 250. The van der Waals surface area contributed by atoms with E-state index in [0.29, 0.717) is 17.7 Å². The minimum Gasteiger partial charge on any atom is -0.459 e. The van der Waals surface area contributed by atoms with Crippen LogP contribution in [0.1, 0.15) is 33.6 Å². The van der Waals surface area contributed by atoms with Crippen LogP contribution in [0.3, 0.4) is 0 Å². The average Bonchev–Trinajstić information content (AvgIpc) is 2.13. The highest BCUT2D eigenvalue weighted by Crippen LogP contribution is 2.23. The molecule has 0 aromatic heterocycles. The Kier molecular flexibility index (Phi) is 3.91. The number of carbonyl (C=O) groups excluding carboxylic acids is 1. The molecule has 0 N–H and O–H groups in total. The third-order valence-electron chi connectivity index (χ3n) is 3.22. The van der Waals surface area contributed by atoms with Crippen LogP contribution in [0.2, 0.25) is 0 Å². The van der Waals surface area contributed by atoms with Gasteiger partial charge in [-0.1, -0.05) is 6.58 Å². The van der Waals surface area contributed by atoms with E-state index >= 15 is 0 Å². The number of nitrogens with zero attached hydrogens (tertiary/aromatic N) is 1. The normalized spacial score (nSPS) is 32.4. The molecule has 3 heteroatoms. The summed E-state index contributed by atoms with van der Waals surface area (Å²) in [5.41, 5.74) is 0.481. The molecule has 0 radical (unpaired) electrons. The molecule has 1 fully saturated rings. The smallest absolute Gasteiger partial charge is 0.333 e. The molecular weight excluding hydrogens is 190 g/mol. The van der Waals surface area contributed by atoms with Gasteiger partial charge < -0.3 is 9.64 Å². The van der Waals surface area contributed by atoms with Gasteiger partial charge in [-0.2, -0.15) is 0 Å². The standard InChI is InChI=1S/C12H21NO2/c1-8(2)12(14)15-11-6-9(3)13(5)10(4)7-11/h9-11H,1,6-7H2,2-5H3. The van der Waals surface area contributed by atoms with Crippen molar-refractivity contribution in [3.05, 3.63) is 12.2 Å².